The molecule has 0 aromatic rings. The molecular weight excluding hydrogens is 212 g/mol. The van der Waals surface area contributed by atoms with Gasteiger partial charge in [-0.1, -0.05) is 26.7 Å². The minimum atomic E-state index is 0.223. The fourth-order valence-corrected chi connectivity index (χ4v) is 3.33. The molecule has 1 saturated carbocycles. The van der Waals surface area contributed by atoms with E-state index in [1.165, 1.54) is 25.7 Å². The van der Waals surface area contributed by atoms with E-state index in [4.69, 9.17) is 0 Å². The van der Waals surface area contributed by atoms with Gasteiger partial charge in [0.2, 0.25) is 5.91 Å². The smallest absolute Gasteiger partial charge is 0.220 e. The molecule has 17 heavy (non-hydrogen) atoms. The number of nitrogens with one attached hydrogen (secondary N) is 2. The van der Waals surface area contributed by atoms with Gasteiger partial charge in [-0.3, -0.25) is 4.79 Å². The Balaban J connectivity index is 1.78. The molecule has 3 nitrogen and oxygen atoms in total. The van der Waals surface area contributed by atoms with Crippen molar-refractivity contribution in [1.29, 1.82) is 0 Å². The van der Waals surface area contributed by atoms with Gasteiger partial charge in [0.25, 0.3) is 0 Å². The lowest BCUT2D eigenvalue weighted by Crippen LogP contribution is -2.46. The van der Waals surface area contributed by atoms with Crippen molar-refractivity contribution in [3.8, 4) is 0 Å². The Bertz CT molecular complexity index is 265. The summed E-state index contributed by atoms with van der Waals surface area (Å²) >= 11 is 0. The highest BCUT2D eigenvalue weighted by Gasteiger charge is 2.28. The zero-order valence-corrected chi connectivity index (χ0v) is 11.2. The van der Waals surface area contributed by atoms with Gasteiger partial charge < -0.3 is 10.6 Å². The number of hydrogen-bond acceptors (Lipinski definition) is 2. The van der Waals surface area contributed by atoms with E-state index in [-0.39, 0.29) is 5.91 Å². The second-order valence-electron chi connectivity index (χ2n) is 6.01. The van der Waals surface area contributed by atoms with Crippen molar-refractivity contribution >= 4 is 5.91 Å². The number of amides is 1. The number of rotatable bonds is 4. The van der Waals surface area contributed by atoms with E-state index in [2.05, 4.69) is 24.5 Å². The molecule has 1 heterocycles. The minimum Gasteiger partial charge on any atom is -0.352 e. The minimum absolute atomic E-state index is 0.223. The Morgan fingerprint density at radius 1 is 1.29 bits per heavy atom. The second-order valence-corrected chi connectivity index (χ2v) is 6.01. The van der Waals surface area contributed by atoms with E-state index in [0.717, 1.165) is 24.8 Å². The molecule has 98 valence electrons. The van der Waals surface area contributed by atoms with Gasteiger partial charge in [0, 0.05) is 25.0 Å². The van der Waals surface area contributed by atoms with Crippen LogP contribution in [-0.2, 0) is 4.79 Å². The summed E-state index contributed by atoms with van der Waals surface area (Å²) in [5, 5.41) is 6.74. The van der Waals surface area contributed by atoms with Crippen molar-refractivity contribution in [2.45, 2.75) is 64.5 Å². The van der Waals surface area contributed by atoms with Crippen LogP contribution in [0.5, 0.6) is 0 Å². The monoisotopic (exact) mass is 238 g/mol. The molecular formula is C14H26N2O. The molecule has 2 aliphatic rings. The number of carbonyl (C=O) groups excluding carboxylic acids is 1. The largest absolute Gasteiger partial charge is 0.352 e. The third kappa shape index (κ3) is 3.44. The van der Waals surface area contributed by atoms with Gasteiger partial charge in [-0.05, 0) is 31.1 Å². The lowest BCUT2D eigenvalue weighted by molar-refractivity contribution is -0.119. The van der Waals surface area contributed by atoms with Gasteiger partial charge in [-0.25, -0.2) is 0 Å². The predicted octanol–water partition coefficient (Wildman–Crippen LogP) is 2.07. The second kappa shape index (κ2) is 5.85. The zero-order valence-electron chi connectivity index (χ0n) is 11.2. The van der Waals surface area contributed by atoms with Crippen LogP contribution in [-0.4, -0.2) is 24.5 Å². The molecule has 0 bridgehead atoms. The Morgan fingerprint density at radius 3 is 2.71 bits per heavy atom. The van der Waals surface area contributed by atoms with Crippen molar-refractivity contribution in [3.05, 3.63) is 0 Å². The maximum atomic E-state index is 11.1. The van der Waals surface area contributed by atoms with Crippen LogP contribution in [0.4, 0.5) is 0 Å². The molecule has 3 atom stereocenters. The molecule has 1 aliphatic heterocycles. The maximum Gasteiger partial charge on any atom is 0.220 e. The highest BCUT2D eigenvalue weighted by atomic mass is 16.1. The third-order valence-corrected chi connectivity index (χ3v) is 4.39. The fraction of sp³-hybridized carbons (Fsp3) is 0.929. The van der Waals surface area contributed by atoms with Gasteiger partial charge in [-0.15, -0.1) is 0 Å². The summed E-state index contributed by atoms with van der Waals surface area (Å²) in [5.41, 5.74) is 0. The summed E-state index contributed by atoms with van der Waals surface area (Å²) in [7, 11) is 0. The molecule has 3 unspecified atom stereocenters. The fourth-order valence-electron chi connectivity index (χ4n) is 3.33. The highest BCUT2D eigenvalue weighted by Crippen LogP contribution is 2.30. The standard InChI is InChI=1S/C14H26N2O/c1-10(2)12-5-3-4-6-13(12)15-9-11-7-8-14(17)16-11/h10-13,15H,3-9H2,1-2H3,(H,16,17). The van der Waals surface area contributed by atoms with Crippen LogP contribution < -0.4 is 10.6 Å². The molecule has 2 rings (SSSR count). The summed E-state index contributed by atoms with van der Waals surface area (Å²) in [4.78, 5) is 11.1. The number of carbonyl (C=O) groups is 1. The first kappa shape index (κ1) is 12.9. The van der Waals surface area contributed by atoms with Gasteiger partial charge >= 0.3 is 0 Å². The summed E-state index contributed by atoms with van der Waals surface area (Å²) in [6, 6.07) is 1.04. The Morgan fingerprint density at radius 2 is 2.06 bits per heavy atom. The highest BCUT2D eigenvalue weighted by molar-refractivity contribution is 5.78. The molecule has 2 fully saturated rings. The predicted molar refractivity (Wildman–Crippen MR) is 69.8 cm³/mol. The van der Waals surface area contributed by atoms with Crippen LogP contribution in [0.2, 0.25) is 0 Å². The quantitative estimate of drug-likeness (QED) is 0.787. The lowest BCUT2D eigenvalue weighted by atomic mass is 9.78. The first-order valence-electron chi connectivity index (χ1n) is 7.19. The zero-order chi connectivity index (χ0) is 12.3. The van der Waals surface area contributed by atoms with Gasteiger partial charge in [0.15, 0.2) is 0 Å². The summed E-state index contributed by atoms with van der Waals surface area (Å²) in [6.07, 6.45) is 7.14. The van der Waals surface area contributed by atoms with E-state index in [9.17, 15) is 4.79 Å². The molecule has 1 amide bonds. The Kier molecular flexibility index (Phi) is 4.43. The van der Waals surface area contributed by atoms with Crippen molar-refractivity contribution in [3.63, 3.8) is 0 Å². The molecule has 1 aliphatic carbocycles. The molecule has 3 heteroatoms. The molecule has 0 aromatic heterocycles. The van der Waals surface area contributed by atoms with E-state index >= 15 is 0 Å². The van der Waals surface area contributed by atoms with Gasteiger partial charge in [0.1, 0.15) is 0 Å². The lowest BCUT2D eigenvalue weighted by Gasteiger charge is -2.35. The van der Waals surface area contributed by atoms with Gasteiger partial charge in [-0.2, -0.15) is 0 Å². The van der Waals surface area contributed by atoms with Crippen molar-refractivity contribution in [2.24, 2.45) is 11.8 Å². The van der Waals surface area contributed by atoms with E-state index < -0.39 is 0 Å². The molecule has 0 aromatic carbocycles. The van der Waals surface area contributed by atoms with Crippen LogP contribution in [0.15, 0.2) is 0 Å². The summed E-state index contributed by atoms with van der Waals surface area (Å²) < 4.78 is 0. The molecule has 0 radical (unpaired) electrons. The molecule has 0 spiro atoms. The first-order valence-corrected chi connectivity index (χ1v) is 7.19. The van der Waals surface area contributed by atoms with Crippen LogP contribution >= 0.6 is 0 Å². The first-order chi connectivity index (χ1) is 8.16. The Labute approximate surface area is 105 Å². The normalized spacial score (nSPS) is 34.1. The topological polar surface area (TPSA) is 41.1 Å². The van der Waals surface area contributed by atoms with Gasteiger partial charge in [0.05, 0.1) is 0 Å². The summed E-state index contributed by atoms with van der Waals surface area (Å²) in [6.45, 7) is 5.63. The molecule has 1 saturated heterocycles. The maximum absolute atomic E-state index is 11.1. The summed E-state index contributed by atoms with van der Waals surface area (Å²) in [5.74, 6) is 1.81. The number of hydrogen-bond donors (Lipinski definition) is 2. The average molecular weight is 238 g/mol. The third-order valence-electron chi connectivity index (χ3n) is 4.39. The van der Waals surface area contributed by atoms with Crippen LogP contribution in [0.1, 0.15) is 52.4 Å². The van der Waals surface area contributed by atoms with Crippen LogP contribution in [0.3, 0.4) is 0 Å². The van der Waals surface area contributed by atoms with Crippen molar-refractivity contribution in [2.75, 3.05) is 6.54 Å². The SMILES string of the molecule is CC(C)C1CCCCC1NCC1CCC(=O)N1. The van der Waals surface area contributed by atoms with E-state index in [1.807, 2.05) is 0 Å². The van der Waals surface area contributed by atoms with E-state index in [0.29, 0.717) is 18.5 Å². The van der Waals surface area contributed by atoms with Crippen LogP contribution in [0, 0.1) is 11.8 Å². The molecule has 2 N–H and O–H groups in total. The van der Waals surface area contributed by atoms with Crippen molar-refractivity contribution in [1.82, 2.24) is 10.6 Å². The van der Waals surface area contributed by atoms with Crippen LogP contribution in [0.25, 0.3) is 0 Å². The van der Waals surface area contributed by atoms with E-state index in [1.54, 1.807) is 0 Å². The van der Waals surface area contributed by atoms with Crippen molar-refractivity contribution < 1.29 is 4.79 Å². The Hall–Kier alpha value is -0.570. The average Bonchev–Trinajstić information content (AvgIpc) is 2.73.